The van der Waals surface area contributed by atoms with Gasteiger partial charge in [0.15, 0.2) is 6.10 Å². The maximum absolute atomic E-state index is 13.7. The van der Waals surface area contributed by atoms with Crippen LogP contribution in [0.4, 0.5) is 4.79 Å². The number of methoxy groups -OCH3 is 2. The van der Waals surface area contributed by atoms with E-state index >= 15 is 0 Å². The highest BCUT2D eigenvalue weighted by atomic mass is 16.6. The maximum atomic E-state index is 13.7. The van der Waals surface area contributed by atoms with Gasteiger partial charge < -0.3 is 40.6 Å². The Morgan fingerprint density at radius 1 is 1.16 bits per heavy atom. The average molecular weight is 617 g/mol. The number of carbonyl (C=O) groups excluding carboxylic acids is 4. The van der Waals surface area contributed by atoms with Crippen molar-refractivity contribution >= 4 is 23.6 Å². The molecule has 2 rings (SSSR count). The van der Waals surface area contributed by atoms with Crippen LogP contribution in [-0.4, -0.2) is 99.4 Å². The molecule has 1 heterocycles. The number of likely N-dealkylation sites (N-methyl/N-ethyl adjacent to an activating group) is 1. The highest BCUT2D eigenvalue weighted by Crippen LogP contribution is 2.28. The van der Waals surface area contributed by atoms with Gasteiger partial charge >= 0.3 is 6.09 Å². The first-order chi connectivity index (χ1) is 20.7. The maximum Gasteiger partial charge on any atom is 0.405 e. The standard InChI is InChI=1S/C32H48N4O8/c1-18-14-22-27(34-12-13-36(5)6)24(37)17-23(29(22)39)35-31(40)19(2)10-9-11-25(42-7)30(44-32(33)41)21(4)16-20(3)28(38)26(15-18)43-8/h9-11,16-18,20,25-26,28,30,34,38H,12-15H2,1-8H3,(H2,33,41)(H,35,40)/b11-9+,19-10-,21-16+/t18-,20-,25-,26-,28+,30-/m1/s1. The van der Waals surface area contributed by atoms with E-state index in [2.05, 4.69) is 10.6 Å². The predicted molar refractivity (Wildman–Crippen MR) is 166 cm³/mol. The van der Waals surface area contributed by atoms with Crippen molar-refractivity contribution in [3.8, 4) is 0 Å². The minimum Gasteiger partial charge on any atom is -0.439 e. The Labute approximate surface area is 260 Å². The lowest BCUT2D eigenvalue weighted by Gasteiger charge is -2.30. The summed E-state index contributed by atoms with van der Waals surface area (Å²) in [5.74, 6) is -2.06. The molecule has 0 radical (unpaired) electrons. The molecule has 0 saturated heterocycles. The normalized spacial score (nSPS) is 31.0. The Hall–Kier alpha value is -3.58. The molecule has 2 aliphatic rings. The lowest BCUT2D eigenvalue weighted by Crippen LogP contribution is -2.38. The Bertz CT molecular complexity index is 1230. The van der Waals surface area contributed by atoms with E-state index in [1.807, 2.05) is 32.8 Å². The van der Waals surface area contributed by atoms with Gasteiger partial charge in [0.1, 0.15) is 6.10 Å². The fraction of sp³-hybridized carbons (Fsp3) is 0.562. The van der Waals surface area contributed by atoms with E-state index in [1.54, 1.807) is 32.1 Å². The summed E-state index contributed by atoms with van der Waals surface area (Å²) in [5, 5.41) is 17.0. The van der Waals surface area contributed by atoms with Gasteiger partial charge in [-0.25, -0.2) is 4.79 Å². The quantitative estimate of drug-likeness (QED) is 0.245. The monoisotopic (exact) mass is 616 g/mol. The first-order valence-corrected chi connectivity index (χ1v) is 14.7. The number of nitrogens with one attached hydrogen (secondary N) is 2. The number of aliphatic hydroxyl groups excluding tert-OH is 1. The van der Waals surface area contributed by atoms with E-state index in [1.165, 1.54) is 20.3 Å². The van der Waals surface area contributed by atoms with Crippen LogP contribution in [0.5, 0.6) is 0 Å². The number of nitrogens with two attached hydrogens (primary N) is 1. The summed E-state index contributed by atoms with van der Waals surface area (Å²) in [5.41, 5.74) is 6.55. The molecule has 0 aromatic heterocycles. The number of rotatable bonds is 7. The van der Waals surface area contributed by atoms with Gasteiger partial charge in [0.2, 0.25) is 11.6 Å². The van der Waals surface area contributed by atoms with Crippen molar-refractivity contribution in [3.05, 3.63) is 58.5 Å². The Kier molecular flexibility index (Phi) is 14.2. The predicted octanol–water partition coefficient (Wildman–Crippen LogP) is 1.91. The van der Waals surface area contributed by atoms with Crippen LogP contribution in [0.1, 0.15) is 40.5 Å². The molecule has 0 aromatic rings. The first-order valence-electron chi connectivity index (χ1n) is 14.7. The molecule has 2 amide bonds. The highest BCUT2D eigenvalue weighted by Gasteiger charge is 2.33. The van der Waals surface area contributed by atoms with E-state index < -0.39 is 53.9 Å². The zero-order valence-electron chi connectivity index (χ0n) is 27.0. The van der Waals surface area contributed by atoms with Crippen molar-refractivity contribution in [1.82, 2.24) is 15.5 Å². The number of nitrogens with zero attached hydrogens (tertiary/aromatic N) is 1. The number of Topliss-reactive ketones (excluding diaryl/α,β-unsaturated/α-hetero) is 1. The zero-order chi connectivity index (χ0) is 33.1. The van der Waals surface area contributed by atoms with Gasteiger partial charge in [-0.15, -0.1) is 0 Å². The van der Waals surface area contributed by atoms with E-state index in [4.69, 9.17) is 19.9 Å². The number of allylic oxidation sites excluding steroid dienone is 4. The second kappa shape index (κ2) is 17.0. The van der Waals surface area contributed by atoms with Crippen molar-refractivity contribution in [2.75, 3.05) is 41.4 Å². The number of aliphatic hydroxyl groups is 1. The first kappa shape index (κ1) is 36.6. The Balaban J connectivity index is 2.60. The number of primary amides is 1. The van der Waals surface area contributed by atoms with E-state index in [-0.39, 0.29) is 34.9 Å². The molecule has 0 fully saturated rings. The van der Waals surface area contributed by atoms with E-state index in [0.717, 1.165) is 6.08 Å². The Morgan fingerprint density at radius 3 is 2.43 bits per heavy atom. The zero-order valence-corrected chi connectivity index (χ0v) is 27.0. The molecule has 12 heteroatoms. The topological polar surface area (TPSA) is 170 Å². The smallest absolute Gasteiger partial charge is 0.405 e. The number of hydrogen-bond donors (Lipinski definition) is 4. The molecule has 0 aromatic carbocycles. The largest absolute Gasteiger partial charge is 0.439 e. The molecular weight excluding hydrogens is 568 g/mol. The number of carbonyl (C=O) groups is 4. The number of hydrogen-bond acceptors (Lipinski definition) is 10. The molecule has 6 atom stereocenters. The molecule has 0 saturated carbocycles. The summed E-state index contributed by atoms with van der Waals surface area (Å²) in [4.78, 5) is 53.7. The fourth-order valence-corrected chi connectivity index (χ4v) is 5.18. The van der Waals surface area contributed by atoms with Gasteiger partial charge in [-0.3, -0.25) is 14.4 Å². The summed E-state index contributed by atoms with van der Waals surface area (Å²) in [7, 11) is 6.74. The van der Waals surface area contributed by atoms with Crippen LogP contribution < -0.4 is 16.4 Å². The third-order valence-electron chi connectivity index (χ3n) is 7.65. The lowest BCUT2D eigenvalue weighted by atomic mass is 9.85. The molecule has 1 aliphatic carbocycles. The third kappa shape index (κ3) is 10.3. The molecule has 5 N–H and O–H groups in total. The van der Waals surface area contributed by atoms with Crippen molar-refractivity contribution in [2.24, 2.45) is 17.6 Å². The summed E-state index contributed by atoms with van der Waals surface area (Å²) >= 11 is 0. The number of amides is 2. The molecular formula is C32H48N4O8. The average Bonchev–Trinajstić information content (AvgIpc) is 2.95. The Morgan fingerprint density at radius 2 is 1.84 bits per heavy atom. The second-order valence-electron chi connectivity index (χ2n) is 11.7. The van der Waals surface area contributed by atoms with Crippen LogP contribution in [-0.2, 0) is 28.6 Å². The molecule has 244 valence electrons. The summed E-state index contributed by atoms with van der Waals surface area (Å²) in [6, 6.07) is 0. The molecule has 12 nitrogen and oxygen atoms in total. The minimum absolute atomic E-state index is 0.114. The third-order valence-corrected chi connectivity index (χ3v) is 7.65. The summed E-state index contributed by atoms with van der Waals surface area (Å²) < 4.78 is 16.6. The van der Waals surface area contributed by atoms with Crippen LogP contribution in [0.3, 0.4) is 0 Å². The van der Waals surface area contributed by atoms with Crippen molar-refractivity contribution < 1.29 is 38.5 Å². The number of ketones is 2. The van der Waals surface area contributed by atoms with Crippen LogP contribution in [0, 0.1) is 11.8 Å². The van der Waals surface area contributed by atoms with Crippen LogP contribution >= 0.6 is 0 Å². The fourth-order valence-electron chi connectivity index (χ4n) is 5.18. The molecule has 0 unspecified atom stereocenters. The SMILES string of the molecule is CO[C@@H]1/C=C/C=C(/C)C(=O)NC2=CC(=O)C(NCCN(C)C)=C(C[C@@H](C)C[C@@H](OC)[C@@H](O)[C@H](C)/C=C(\C)[C@H]1OC(N)=O)C2=O. The van der Waals surface area contributed by atoms with Crippen LogP contribution in [0.15, 0.2) is 58.5 Å². The summed E-state index contributed by atoms with van der Waals surface area (Å²) in [6.45, 7) is 8.09. The van der Waals surface area contributed by atoms with E-state index in [9.17, 15) is 24.3 Å². The van der Waals surface area contributed by atoms with Crippen molar-refractivity contribution in [3.63, 3.8) is 0 Å². The van der Waals surface area contributed by atoms with E-state index in [0.29, 0.717) is 25.1 Å². The van der Waals surface area contributed by atoms with Crippen molar-refractivity contribution in [2.45, 2.75) is 65.0 Å². The molecule has 0 spiro atoms. The molecule has 2 bridgehead atoms. The summed E-state index contributed by atoms with van der Waals surface area (Å²) in [6.07, 6.45) is 3.88. The van der Waals surface area contributed by atoms with Crippen LogP contribution in [0.2, 0.25) is 0 Å². The van der Waals surface area contributed by atoms with Gasteiger partial charge in [-0.05, 0) is 52.3 Å². The van der Waals surface area contributed by atoms with Gasteiger partial charge in [0, 0.05) is 50.4 Å². The van der Waals surface area contributed by atoms with Gasteiger partial charge in [0.25, 0.3) is 5.91 Å². The number of ether oxygens (including phenoxy) is 3. The number of fused-ring (bicyclic) bond motifs is 2. The van der Waals surface area contributed by atoms with Crippen LogP contribution in [0.25, 0.3) is 0 Å². The van der Waals surface area contributed by atoms with Gasteiger partial charge in [0.05, 0.1) is 23.6 Å². The van der Waals surface area contributed by atoms with Crippen molar-refractivity contribution in [1.29, 1.82) is 0 Å². The molecule has 44 heavy (non-hydrogen) atoms. The van der Waals surface area contributed by atoms with Gasteiger partial charge in [-0.2, -0.15) is 0 Å². The minimum atomic E-state index is -0.997. The lowest BCUT2D eigenvalue weighted by molar-refractivity contribution is -0.120. The second-order valence-corrected chi connectivity index (χ2v) is 11.7. The highest BCUT2D eigenvalue weighted by molar-refractivity contribution is 6.23. The van der Waals surface area contributed by atoms with Gasteiger partial charge in [-0.1, -0.05) is 38.2 Å². The molecule has 1 aliphatic heterocycles.